The number of aliphatic hydroxyl groups is 1. The van der Waals surface area contributed by atoms with Crippen LogP contribution in [0.3, 0.4) is 0 Å². The molecule has 1 saturated heterocycles. The van der Waals surface area contributed by atoms with Gasteiger partial charge in [-0.1, -0.05) is 18.2 Å². The summed E-state index contributed by atoms with van der Waals surface area (Å²) in [6.45, 7) is 3.81. The van der Waals surface area contributed by atoms with E-state index in [2.05, 4.69) is 15.5 Å². The van der Waals surface area contributed by atoms with E-state index in [-0.39, 0.29) is 18.2 Å². The van der Waals surface area contributed by atoms with Crippen LogP contribution in [0.2, 0.25) is 0 Å². The molecule has 0 radical (unpaired) electrons. The lowest BCUT2D eigenvalue weighted by Gasteiger charge is -2.32. The van der Waals surface area contributed by atoms with Crippen LogP contribution in [0.5, 0.6) is 0 Å². The number of likely N-dealkylation sites (tertiary alicyclic amines) is 1. The van der Waals surface area contributed by atoms with Gasteiger partial charge in [0.2, 0.25) is 0 Å². The SMILES string of the molecule is CC(NC(=O)NC1CCN(CCO)CC1)c1ccccc1C(F)(F)F. The monoisotopic (exact) mass is 359 g/mol. The normalized spacial score (nSPS) is 18.0. The van der Waals surface area contributed by atoms with E-state index in [1.54, 1.807) is 0 Å². The lowest BCUT2D eigenvalue weighted by atomic mass is 10.0. The summed E-state index contributed by atoms with van der Waals surface area (Å²) in [4.78, 5) is 14.2. The largest absolute Gasteiger partial charge is 0.416 e. The zero-order valence-electron chi connectivity index (χ0n) is 14.1. The fraction of sp³-hybridized carbons (Fsp3) is 0.588. The zero-order valence-corrected chi connectivity index (χ0v) is 14.1. The number of rotatable bonds is 5. The minimum Gasteiger partial charge on any atom is -0.395 e. The molecule has 2 amide bonds. The van der Waals surface area contributed by atoms with E-state index < -0.39 is 23.8 Å². The number of urea groups is 1. The average Bonchev–Trinajstić information content (AvgIpc) is 2.56. The Morgan fingerprint density at radius 1 is 1.32 bits per heavy atom. The van der Waals surface area contributed by atoms with Gasteiger partial charge < -0.3 is 20.6 Å². The molecule has 1 aromatic rings. The summed E-state index contributed by atoms with van der Waals surface area (Å²) in [5.41, 5.74) is -0.692. The summed E-state index contributed by atoms with van der Waals surface area (Å²) in [6.07, 6.45) is -2.95. The Morgan fingerprint density at radius 2 is 1.96 bits per heavy atom. The highest BCUT2D eigenvalue weighted by Gasteiger charge is 2.34. The maximum absolute atomic E-state index is 13.1. The predicted molar refractivity (Wildman–Crippen MR) is 88.1 cm³/mol. The van der Waals surface area contributed by atoms with E-state index in [9.17, 15) is 18.0 Å². The second-order valence-electron chi connectivity index (χ2n) is 6.26. The first-order valence-electron chi connectivity index (χ1n) is 8.37. The molecule has 140 valence electrons. The summed E-state index contributed by atoms with van der Waals surface area (Å²) in [7, 11) is 0. The fourth-order valence-electron chi connectivity index (χ4n) is 3.08. The van der Waals surface area contributed by atoms with Crippen molar-refractivity contribution in [1.82, 2.24) is 15.5 Å². The summed E-state index contributed by atoms with van der Waals surface area (Å²) in [5.74, 6) is 0. The molecule has 0 bridgehead atoms. The number of hydrogen-bond acceptors (Lipinski definition) is 3. The highest BCUT2D eigenvalue weighted by atomic mass is 19.4. The van der Waals surface area contributed by atoms with Crippen molar-refractivity contribution in [2.45, 2.75) is 38.0 Å². The van der Waals surface area contributed by atoms with Crippen molar-refractivity contribution in [1.29, 1.82) is 0 Å². The molecule has 25 heavy (non-hydrogen) atoms. The maximum atomic E-state index is 13.1. The van der Waals surface area contributed by atoms with Crippen molar-refractivity contribution >= 4 is 6.03 Å². The van der Waals surface area contributed by atoms with Crippen molar-refractivity contribution in [3.05, 3.63) is 35.4 Å². The molecule has 2 rings (SSSR count). The number of amides is 2. The second kappa shape index (κ2) is 8.53. The highest BCUT2D eigenvalue weighted by Crippen LogP contribution is 2.34. The number of aliphatic hydroxyl groups excluding tert-OH is 1. The Labute approximate surface area is 145 Å². The summed E-state index contributed by atoms with van der Waals surface area (Å²) < 4.78 is 39.2. The Hall–Kier alpha value is -1.80. The van der Waals surface area contributed by atoms with E-state index in [1.807, 2.05) is 0 Å². The van der Waals surface area contributed by atoms with Crippen LogP contribution in [0.15, 0.2) is 24.3 Å². The third kappa shape index (κ3) is 5.61. The van der Waals surface area contributed by atoms with E-state index in [4.69, 9.17) is 5.11 Å². The molecular weight excluding hydrogens is 335 g/mol. The van der Waals surface area contributed by atoms with Gasteiger partial charge in [-0.25, -0.2) is 4.79 Å². The molecule has 1 fully saturated rings. The third-order valence-electron chi connectivity index (χ3n) is 4.42. The molecule has 1 aliphatic heterocycles. The quantitative estimate of drug-likeness (QED) is 0.757. The molecule has 1 unspecified atom stereocenters. The van der Waals surface area contributed by atoms with E-state index in [0.717, 1.165) is 32.0 Å². The molecule has 0 saturated carbocycles. The Morgan fingerprint density at radius 3 is 2.56 bits per heavy atom. The van der Waals surface area contributed by atoms with Crippen LogP contribution in [0.25, 0.3) is 0 Å². The van der Waals surface area contributed by atoms with Crippen LogP contribution < -0.4 is 10.6 Å². The van der Waals surface area contributed by atoms with Crippen molar-refractivity contribution < 1.29 is 23.1 Å². The van der Waals surface area contributed by atoms with Crippen LogP contribution in [-0.2, 0) is 6.18 Å². The summed E-state index contributed by atoms with van der Waals surface area (Å²) in [5, 5.41) is 14.3. The van der Waals surface area contributed by atoms with Crippen molar-refractivity contribution in [2.75, 3.05) is 26.2 Å². The number of nitrogens with zero attached hydrogens (tertiary/aromatic N) is 1. The number of alkyl halides is 3. The molecule has 1 heterocycles. The first kappa shape index (κ1) is 19.5. The van der Waals surface area contributed by atoms with Crippen LogP contribution in [0.4, 0.5) is 18.0 Å². The van der Waals surface area contributed by atoms with E-state index in [1.165, 1.54) is 25.1 Å². The molecule has 3 N–H and O–H groups in total. The molecule has 8 heteroatoms. The van der Waals surface area contributed by atoms with Gasteiger partial charge in [-0.15, -0.1) is 0 Å². The summed E-state index contributed by atoms with van der Waals surface area (Å²) >= 11 is 0. The van der Waals surface area contributed by atoms with Crippen molar-refractivity contribution in [3.8, 4) is 0 Å². The molecule has 0 spiro atoms. The van der Waals surface area contributed by atoms with Gasteiger partial charge in [0.05, 0.1) is 18.2 Å². The van der Waals surface area contributed by atoms with Crippen LogP contribution >= 0.6 is 0 Å². The molecule has 1 aromatic carbocycles. The molecule has 1 atom stereocenters. The lowest BCUT2D eigenvalue weighted by Crippen LogP contribution is -2.48. The average molecular weight is 359 g/mol. The molecule has 1 aliphatic rings. The number of halogens is 3. The Kier molecular flexibility index (Phi) is 6.66. The number of hydrogen-bond donors (Lipinski definition) is 3. The molecule has 0 aliphatic carbocycles. The van der Waals surface area contributed by atoms with E-state index in [0.29, 0.717) is 6.54 Å². The summed E-state index contributed by atoms with van der Waals surface area (Å²) in [6, 6.07) is 4.01. The fourth-order valence-corrected chi connectivity index (χ4v) is 3.08. The topological polar surface area (TPSA) is 64.6 Å². The van der Waals surface area contributed by atoms with Gasteiger partial charge in [0, 0.05) is 25.7 Å². The third-order valence-corrected chi connectivity index (χ3v) is 4.42. The number of benzene rings is 1. The Balaban J connectivity index is 1.89. The van der Waals surface area contributed by atoms with Gasteiger partial charge in [0.1, 0.15) is 0 Å². The van der Waals surface area contributed by atoms with Gasteiger partial charge in [-0.3, -0.25) is 0 Å². The van der Waals surface area contributed by atoms with Gasteiger partial charge in [-0.05, 0) is 31.4 Å². The van der Waals surface area contributed by atoms with E-state index >= 15 is 0 Å². The van der Waals surface area contributed by atoms with Crippen molar-refractivity contribution in [2.24, 2.45) is 0 Å². The number of piperidine rings is 1. The molecule has 0 aromatic heterocycles. The predicted octanol–water partition coefficient (Wildman–Crippen LogP) is 2.52. The van der Waals surface area contributed by atoms with Crippen LogP contribution in [-0.4, -0.2) is 48.3 Å². The highest BCUT2D eigenvalue weighted by molar-refractivity contribution is 5.74. The molecular formula is C17H24F3N3O2. The van der Waals surface area contributed by atoms with Gasteiger partial charge in [-0.2, -0.15) is 13.2 Å². The number of carbonyl (C=O) groups is 1. The van der Waals surface area contributed by atoms with Gasteiger partial charge >= 0.3 is 12.2 Å². The van der Waals surface area contributed by atoms with Crippen LogP contribution in [0, 0.1) is 0 Å². The minimum atomic E-state index is -4.46. The molecule has 5 nitrogen and oxygen atoms in total. The smallest absolute Gasteiger partial charge is 0.395 e. The Bertz CT molecular complexity index is 573. The lowest BCUT2D eigenvalue weighted by molar-refractivity contribution is -0.138. The number of nitrogens with one attached hydrogen (secondary N) is 2. The van der Waals surface area contributed by atoms with Crippen molar-refractivity contribution in [3.63, 3.8) is 0 Å². The van der Waals surface area contributed by atoms with Gasteiger partial charge in [0.15, 0.2) is 0 Å². The number of carbonyl (C=O) groups excluding carboxylic acids is 1. The first-order chi connectivity index (χ1) is 11.8. The standard InChI is InChI=1S/C17H24F3N3O2/c1-12(14-4-2-3-5-15(14)17(18,19)20)21-16(25)22-13-6-8-23(9-7-13)10-11-24/h2-5,12-13,24H,6-11H2,1H3,(H2,21,22,25). The first-order valence-corrected chi connectivity index (χ1v) is 8.37. The van der Waals surface area contributed by atoms with Gasteiger partial charge in [0.25, 0.3) is 0 Å². The maximum Gasteiger partial charge on any atom is 0.416 e. The van der Waals surface area contributed by atoms with Crippen LogP contribution in [0.1, 0.15) is 36.9 Å². The minimum absolute atomic E-state index is 0.0139. The zero-order chi connectivity index (χ0) is 18.4. The number of β-amino-alcohol motifs (C(OH)–C–C–N with tert-alkyl or cyclic N) is 1. The second-order valence-corrected chi connectivity index (χ2v) is 6.26.